The molecule has 5 nitrogen and oxygen atoms in total. The molecule has 2 aromatic rings. The first-order chi connectivity index (χ1) is 13.9. The maximum atomic E-state index is 13.0. The van der Waals surface area contributed by atoms with Gasteiger partial charge < -0.3 is 15.3 Å². The van der Waals surface area contributed by atoms with Crippen molar-refractivity contribution in [2.75, 3.05) is 6.54 Å². The first-order valence-electron chi connectivity index (χ1n) is 10.3. The van der Waals surface area contributed by atoms with Crippen LogP contribution in [0.25, 0.3) is 0 Å². The quantitative estimate of drug-likeness (QED) is 0.669. The van der Waals surface area contributed by atoms with Gasteiger partial charge in [0, 0.05) is 23.4 Å². The first-order valence-corrected chi connectivity index (χ1v) is 11.2. The van der Waals surface area contributed by atoms with Crippen LogP contribution >= 0.6 is 11.3 Å². The molecule has 1 aromatic carbocycles. The van der Waals surface area contributed by atoms with Gasteiger partial charge in [-0.2, -0.15) is 0 Å². The molecule has 1 aliphatic rings. The number of benzene rings is 1. The second kappa shape index (κ2) is 9.55. The van der Waals surface area contributed by atoms with Gasteiger partial charge in [0.1, 0.15) is 0 Å². The highest BCUT2D eigenvalue weighted by Gasteiger charge is 2.48. The van der Waals surface area contributed by atoms with Crippen molar-refractivity contribution in [2.24, 2.45) is 0 Å². The van der Waals surface area contributed by atoms with Crippen LogP contribution in [-0.4, -0.2) is 40.0 Å². The van der Waals surface area contributed by atoms with E-state index in [0.29, 0.717) is 24.9 Å². The molecule has 0 radical (unpaired) electrons. The Kier molecular flexibility index (Phi) is 7.09. The van der Waals surface area contributed by atoms with Crippen molar-refractivity contribution >= 4 is 23.2 Å². The van der Waals surface area contributed by atoms with Gasteiger partial charge >= 0.3 is 0 Å². The van der Waals surface area contributed by atoms with E-state index in [0.717, 1.165) is 24.1 Å². The van der Waals surface area contributed by atoms with Gasteiger partial charge in [0.15, 0.2) is 0 Å². The third-order valence-corrected chi connectivity index (χ3v) is 6.60. The number of thiophene rings is 1. The van der Waals surface area contributed by atoms with E-state index >= 15 is 0 Å². The molecule has 3 rings (SSSR count). The monoisotopic (exact) mass is 414 g/mol. The molecule has 1 aromatic heterocycles. The molecule has 156 valence electrons. The van der Waals surface area contributed by atoms with Gasteiger partial charge in [-0.25, -0.2) is 0 Å². The molecule has 3 unspecified atom stereocenters. The van der Waals surface area contributed by atoms with Crippen molar-refractivity contribution in [1.82, 2.24) is 10.2 Å². The molecule has 1 fully saturated rings. The Morgan fingerprint density at radius 1 is 1.21 bits per heavy atom. The number of carbonyl (C=O) groups is 2. The summed E-state index contributed by atoms with van der Waals surface area (Å²) in [6.07, 6.45) is 3.87. The van der Waals surface area contributed by atoms with E-state index in [-0.39, 0.29) is 17.9 Å². The summed E-state index contributed by atoms with van der Waals surface area (Å²) < 4.78 is 0. The summed E-state index contributed by atoms with van der Waals surface area (Å²) in [7, 11) is 0. The highest BCUT2D eigenvalue weighted by atomic mass is 32.1. The number of hydrogen-bond donors (Lipinski definition) is 2. The number of carbonyl (C=O) groups excluding carboxylic acids is 2. The molecule has 2 heterocycles. The van der Waals surface area contributed by atoms with Crippen LogP contribution in [0.4, 0.5) is 0 Å². The summed E-state index contributed by atoms with van der Waals surface area (Å²) in [6, 6.07) is 11.9. The summed E-state index contributed by atoms with van der Waals surface area (Å²) in [5.41, 5.74) is -0.570. The van der Waals surface area contributed by atoms with E-state index in [9.17, 15) is 14.7 Å². The van der Waals surface area contributed by atoms with Crippen LogP contribution in [0, 0.1) is 0 Å². The molecular weight excluding hydrogens is 384 g/mol. The molecule has 0 spiro atoms. The van der Waals surface area contributed by atoms with E-state index in [1.165, 1.54) is 0 Å². The molecule has 3 atom stereocenters. The van der Waals surface area contributed by atoms with Gasteiger partial charge in [-0.15, -0.1) is 11.3 Å². The van der Waals surface area contributed by atoms with E-state index in [4.69, 9.17) is 0 Å². The second-order valence-corrected chi connectivity index (χ2v) is 8.91. The minimum atomic E-state index is -1.11. The van der Waals surface area contributed by atoms with Crippen molar-refractivity contribution in [3.63, 3.8) is 0 Å². The third kappa shape index (κ3) is 5.06. The zero-order chi connectivity index (χ0) is 20.9. The summed E-state index contributed by atoms with van der Waals surface area (Å²) in [5.74, 6) is -0.149. The zero-order valence-electron chi connectivity index (χ0n) is 17.1. The molecule has 29 heavy (non-hydrogen) atoms. The Morgan fingerprint density at radius 3 is 2.62 bits per heavy atom. The van der Waals surface area contributed by atoms with Crippen LogP contribution in [0.1, 0.15) is 67.2 Å². The number of aliphatic hydroxyl groups is 1. The van der Waals surface area contributed by atoms with E-state index < -0.39 is 11.6 Å². The van der Waals surface area contributed by atoms with Crippen molar-refractivity contribution in [1.29, 1.82) is 0 Å². The summed E-state index contributed by atoms with van der Waals surface area (Å²) in [4.78, 5) is 28.7. The lowest BCUT2D eigenvalue weighted by atomic mass is 9.81. The Bertz CT molecular complexity index is 805. The predicted molar refractivity (Wildman–Crippen MR) is 116 cm³/mol. The average Bonchev–Trinajstić information content (AvgIpc) is 3.24. The number of rotatable bonds is 7. The van der Waals surface area contributed by atoms with E-state index in [1.54, 1.807) is 30.4 Å². The zero-order valence-corrected chi connectivity index (χ0v) is 18.0. The standard InChI is InChI=1S/C23H30N2O3S/c1-3-4-6-13-19(26)25-15-14-23(2,28)21(20(25)18-12-9-16-29-18)24-22(27)17-10-7-5-8-11-17/h5,7-12,16,20-21,28H,3-4,6,13-15H2,1-2H3,(H,24,27). The molecule has 1 saturated heterocycles. The number of hydrogen-bond acceptors (Lipinski definition) is 4. The Morgan fingerprint density at radius 2 is 1.97 bits per heavy atom. The molecule has 6 heteroatoms. The average molecular weight is 415 g/mol. The third-order valence-electron chi connectivity index (χ3n) is 5.65. The van der Waals surface area contributed by atoms with Crippen molar-refractivity contribution in [3.05, 3.63) is 58.3 Å². The fourth-order valence-corrected chi connectivity index (χ4v) is 4.81. The summed E-state index contributed by atoms with van der Waals surface area (Å²) in [6.45, 7) is 4.35. The van der Waals surface area contributed by atoms with Gasteiger partial charge in [-0.3, -0.25) is 9.59 Å². The number of piperidine rings is 1. The van der Waals surface area contributed by atoms with Crippen molar-refractivity contribution in [3.8, 4) is 0 Å². The van der Waals surface area contributed by atoms with Crippen molar-refractivity contribution in [2.45, 2.75) is 63.6 Å². The summed E-state index contributed by atoms with van der Waals surface area (Å²) >= 11 is 1.55. The van der Waals surface area contributed by atoms with Gasteiger partial charge in [0.25, 0.3) is 5.91 Å². The highest BCUT2D eigenvalue weighted by Crippen LogP contribution is 2.39. The van der Waals surface area contributed by atoms with Crippen LogP contribution in [0.15, 0.2) is 47.8 Å². The van der Waals surface area contributed by atoms with Gasteiger partial charge in [-0.05, 0) is 43.3 Å². The van der Waals surface area contributed by atoms with Crippen LogP contribution in [0.3, 0.4) is 0 Å². The number of unbranched alkanes of at least 4 members (excludes halogenated alkanes) is 2. The maximum absolute atomic E-state index is 13.0. The maximum Gasteiger partial charge on any atom is 0.251 e. The Labute approximate surface area is 176 Å². The van der Waals surface area contributed by atoms with Gasteiger partial charge in [0.05, 0.1) is 17.7 Å². The Balaban J connectivity index is 1.89. The molecule has 2 N–H and O–H groups in total. The fourth-order valence-electron chi connectivity index (χ4n) is 3.94. The van der Waals surface area contributed by atoms with E-state index in [2.05, 4.69) is 12.2 Å². The second-order valence-electron chi connectivity index (χ2n) is 7.93. The fraction of sp³-hybridized carbons (Fsp3) is 0.478. The van der Waals surface area contributed by atoms with Crippen molar-refractivity contribution < 1.29 is 14.7 Å². The lowest BCUT2D eigenvalue weighted by Gasteiger charge is -2.48. The predicted octanol–water partition coefficient (Wildman–Crippen LogP) is 4.15. The van der Waals surface area contributed by atoms with Crippen LogP contribution in [0.5, 0.6) is 0 Å². The topological polar surface area (TPSA) is 69.6 Å². The van der Waals surface area contributed by atoms with E-state index in [1.807, 2.05) is 40.6 Å². The van der Waals surface area contributed by atoms with Crippen LogP contribution < -0.4 is 5.32 Å². The Hall–Kier alpha value is -2.18. The number of amides is 2. The minimum absolute atomic E-state index is 0.0892. The van der Waals surface area contributed by atoms with Crippen LogP contribution in [0.2, 0.25) is 0 Å². The highest BCUT2D eigenvalue weighted by molar-refractivity contribution is 7.10. The number of likely N-dealkylation sites (tertiary alicyclic amines) is 1. The molecular formula is C23H30N2O3S. The van der Waals surface area contributed by atoms with Gasteiger partial charge in [-0.1, -0.05) is 44.0 Å². The molecule has 2 amide bonds. The normalized spacial score (nSPS) is 24.3. The lowest BCUT2D eigenvalue weighted by molar-refractivity contribution is -0.142. The molecule has 0 aliphatic carbocycles. The number of nitrogens with one attached hydrogen (secondary N) is 1. The van der Waals surface area contributed by atoms with Gasteiger partial charge in [0.2, 0.25) is 5.91 Å². The SMILES string of the molecule is CCCCCC(=O)N1CCC(C)(O)C(NC(=O)c2ccccc2)C1c1cccs1. The molecule has 0 saturated carbocycles. The summed E-state index contributed by atoms with van der Waals surface area (Å²) in [5, 5.41) is 16.2. The minimum Gasteiger partial charge on any atom is -0.388 e. The molecule has 0 bridgehead atoms. The number of nitrogens with zero attached hydrogens (tertiary/aromatic N) is 1. The first kappa shape index (κ1) is 21.5. The lowest BCUT2D eigenvalue weighted by Crippen LogP contribution is -2.63. The largest absolute Gasteiger partial charge is 0.388 e. The molecule has 1 aliphatic heterocycles. The van der Waals surface area contributed by atoms with Crippen LogP contribution in [-0.2, 0) is 4.79 Å². The smallest absolute Gasteiger partial charge is 0.251 e.